The third kappa shape index (κ3) is 5.05. The van der Waals surface area contributed by atoms with Gasteiger partial charge in [0.2, 0.25) is 0 Å². The molecule has 1 spiro atoms. The van der Waals surface area contributed by atoms with Crippen molar-refractivity contribution < 1.29 is 19.0 Å². The van der Waals surface area contributed by atoms with Gasteiger partial charge in [0.1, 0.15) is 6.10 Å². The first kappa shape index (κ1) is 26.7. The molecule has 0 radical (unpaired) electrons. The van der Waals surface area contributed by atoms with Gasteiger partial charge < -0.3 is 19.0 Å². The number of fused-ring (bicyclic) bond motifs is 2. The van der Waals surface area contributed by atoms with Gasteiger partial charge in [-0.2, -0.15) is 0 Å². The Morgan fingerprint density at radius 3 is 2.35 bits per heavy atom. The first-order chi connectivity index (χ1) is 16.1. The van der Waals surface area contributed by atoms with Crippen molar-refractivity contribution in [3.05, 3.63) is 0 Å². The number of hydrogen-bond donors (Lipinski definition) is 1. The molecule has 1 unspecified atom stereocenters. The molecule has 1 N–H and O–H groups in total. The summed E-state index contributed by atoms with van der Waals surface area (Å²) in [5, 5.41) is 11.3. The van der Waals surface area contributed by atoms with Crippen molar-refractivity contribution in [3.8, 4) is 11.8 Å². The van der Waals surface area contributed by atoms with Gasteiger partial charge >= 0.3 is 0 Å². The van der Waals surface area contributed by atoms with E-state index in [9.17, 15) is 5.11 Å². The van der Waals surface area contributed by atoms with E-state index in [1.807, 2.05) is 0 Å². The molecule has 1 heterocycles. The van der Waals surface area contributed by atoms with Crippen LogP contribution in [0.2, 0.25) is 18.1 Å². The highest BCUT2D eigenvalue weighted by molar-refractivity contribution is 6.74. The van der Waals surface area contributed by atoms with E-state index >= 15 is 0 Å². The Hall–Kier alpha value is -0.383. The Kier molecular flexibility index (Phi) is 8.27. The van der Waals surface area contributed by atoms with E-state index in [4.69, 9.17) is 13.9 Å². The Balaban J connectivity index is 1.59. The van der Waals surface area contributed by atoms with Crippen LogP contribution in [-0.4, -0.2) is 44.6 Å². The van der Waals surface area contributed by atoms with Gasteiger partial charge in [-0.3, -0.25) is 0 Å². The fourth-order valence-electron chi connectivity index (χ4n) is 6.89. The lowest BCUT2D eigenvalue weighted by Crippen LogP contribution is -2.67. The molecular weight excluding hydrogens is 440 g/mol. The molecular formula is C29H50O4Si. The highest BCUT2D eigenvalue weighted by atomic mass is 28.4. The molecule has 0 amide bonds. The summed E-state index contributed by atoms with van der Waals surface area (Å²) in [4.78, 5) is 0. The maximum atomic E-state index is 11.1. The minimum atomic E-state index is -1.93. The quantitative estimate of drug-likeness (QED) is 0.340. The second kappa shape index (κ2) is 10.5. The molecule has 1 aliphatic heterocycles. The van der Waals surface area contributed by atoms with E-state index < -0.39 is 14.1 Å². The molecule has 1 saturated heterocycles. The van der Waals surface area contributed by atoms with E-state index in [-0.39, 0.29) is 23.2 Å². The highest BCUT2D eigenvalue weighted by Gasteiger charge is 2.68. The number of aliphatic hydroxyl groups is 1. The zero-order valence-electron chi connectivity index (χ0n) is 22.7. The van der Waals surface area contributed by atoms with Gasteiger partial charge in [0.15, 0.2) is 14.1 Å². The predicted molar refractivity (Wildman–Crippen MR) is 140 cm³/mol. The molecule has 3 saturated carbocycles. The lowest BCUT2D eigenvalue weighted by molar-refractivity contribution is -0.341. The van der Waals surface area contributed by atoms with Crippen LogP contribution in [0.25, 0.3) is 0 Å². The largest absolute Gasteiger partial charge is 0.403 e. The molecule has 0 aromatic rings. The van der Waals surface area contributed by atoms with Gasteiger partial charge in [-0.25, -0.2) is 0 Å². The normalized spacial score (nSPS) is 34.7. The van der Waals surface area contributed by atoms with E-state index in [2.05, 4.69) is 52.6 Å². The number of rotatable bonds is 6. The van der Waals surface area contributed by atoms with Crippen molar-refractivity contribution in [2.75, 3.05) is 13.2 Å². The van der Waals surface area contributed by atoms with Crippen LogP contribution in [0.1, 0.15) is 91.9 Å². The Morgan fingerprint density at radius 2 is 1.74 bits per heavy atom. The molecule has 5 heteroatoms. The number of hydrogen-bond acceptors (Lipinski definition) is 4. The molecule has 194 valence electrons. The number of aliphatic hydroxyl groups excluding tert-OH is 1. The molecule has 4 fully saturated rings. The van der Waals surface area contributed by atoms with Crippen molar-refractivity contribution in [2.24, 2.45) is 29.6 Å². The smallest absolute Gasteiger partial charge is 0.193 e. The number of unbranched alkanes of at least 4 members (excludes halogenated alkanes) is 1. The molecule has 4 nitrogen and oxygen atoms in total. The maximum Gasteiger partial charge on any atom is 0.193 e. The zero-order valence-corrected chi connectivity index (χ0v) is 23.7. The van der Waals surface area contributed by atoms with Gasteiger partial charge in [-0.1, -0.05) is 71.6 Å². The maximum absolute atomic E-state index is 11.1. The first-order valence-corrected chi connectivity index (χ1v) is 17.2. The molecule has 0 bridgehead atoms. The fourth-order valence-corrected chi connectivity index (χ4v) is 8.13. The standard InChI is InChI=1S/C29H50O4Si/c1-7-8-14-23-27-22(25(30)17-16-24(27)29(23)31-19-20-32-29)15-18-26(21-12-10-9-11-13-21)33-34(5,6)28(2,3)4/h21-27,30H,7-14,16-17,19-20H2,1-6H3/t22-,23?,24-,25+,26+,27-/m0/s1. The van der Waals surface area contributed by atoms with E-state index in [0.717, 1.165) is 19.3 Å². The zero-order chi connectivity index (χ0) is 24.6. The van der Waals surface area contributed by atoms with Crippen LogP contribution in [0.4, 0.5) is 0 Å². The first-order valence-electron chi connectivity index (χ1n) is 14.3. The van der Waals surface area contributed by atoms with Crippen molar-refractivity contribution in [1.29, 1.82) is 0 Å². The second-order valence-corrected chi connectivity index (χ2v) is 17.8. The summed E-state index contributed by atoms with van der Waals surface area (Å²) in [6.45, 7) is 15.3. The molecule has 4 rings (SSSR count). The van der Waals surface area contributed by atoms with Gasteiger partial charge in [0.05, 0.1) is 25.2 Å². The minimum absolute atomic E-state index is 0.00382. The molecule has 0 aromatic carbocycles. The van der Waals surface area contributed by atoms with Crippen LogP contribution in [-0.2, 0) is 13.9 Å². The molecule has 4 aliphatic rings. The lowest BCUT2D eigenvalue weighted by atomic mass is 9.49. The Labute approximate surface area is 210 Å². The summed E-state index contributed by atoms with van der Waals surface area (Å²) in [7, 11) is -1.93. The van der Waals surface area contributed by atoms with Crippen LogP contribution in [0.15, 0.2) is 0 Å². The molecule has 0 aromatic heterocycles. The van der Waals surface area contributed by atoms with E-state index in [1.165, 1.54) is 44.9 Å². The summed E-state index contributed by atoms with van der Waals surface area (Å²) in [5.41, 5.74) is 0. The van der Waals surface area contributed by atoms with Gasteiger partial charge in [0.25, 0.3) is 0 Å². The third-order valence-electron chi connectivity index (χ3n) is 9.87. The van der Waals surface area contributed by atoms with E-state index in [0.29, 0.717) is 36.9 Å². The topological polar surface area (TPSA) is 47.9 Å². The summed E-state index contributed by atoms with van der Waals surface area (Å²) in [6.07, 6.45) is 11.2. The van der Waals surface area contributed by atoms with Crippen LogP contribution >= 0.6 is 0 Å². The summed E-state index contributed by atoms with van der Waals surface area (Å²) in [5.74, 6) is 8.58. The van der Waals surface area contributed by atoms with Gasteiger partial charge in [-0.05, 0) is 62.1 Å². The highest BCUT2D eigenvalue weighted by Crippen LogP contribution is 2.63. The van der Waals surface area contributed by atoms with Gasteiger partial charge in [0, 0.05) is 11.8 Å². The average Bonchev–Trinajstić information content (AvgIpc) is 3.30. The van der Waals surface area contributed by atoms with Crippen molar-refractivity contribution in [3.63, 3.8) is 0 Å². The monoisotopic (exact) mass is 490 g/mol. The molecule has 34 heavy (non-hydrogen) atoms. The molecule has 6 atom stereocenters. The summed E-state index contributed by atoms with van der Waals surface area (Å²) >= 11 is 0. The van der Waals surface area contributed by atoms with Crippen LogP contribution in [0, 0.1) is 41.4 Å². The SMILES string of the molecule is CCCCC1[C@@H]2[C@@H](C#C[C@@H](O[Si](C)(C)C(C)(C)C)C3CCCCC3)[C@H](O)CC[C@@H]2C12OCCO2. The van der Waals surface area contributed by atoms with E-state index in [1.54, 1.807) is 0 Å². The van der Waals surface area contributed by atoms with Crippen LogP contribution in [0.3, 0.4) is 0 Å². The fraction of sp³-hybridized carbons (Fsp3) is 0.931. The lowest BCUT2D eigenvalue weighted by Gasteiger charge is -2.62. The Morgan fingerprint density at radius 1 is 1.06 bits per heavy atom. The van der Waals surface area contributed by atoms with Crippen LogP contribution in [0.5, 0.6) is 0 Å². The number of ether oxygens (including phenoxy) is 2. The van der Waals surface area contributed by atoms with Crippen molar-refractivity contribution >= 4 is 8.32 Å². The second-order valence-electron chi connectivity index (χ2n) is 13.0. The molecule has 3 aliphatic carbocycles. The van der Waals surface area contributed by atoms with Gasteiger partial charge in [-0.15, -0.1) is 0 Å². The summed E-state index contributed by atoms with van der Waals surface area (Å²) in [6, 6.07) is 0. The average molecular weight is 491 g/mol. The summed E-state index contributed by atoms with van der Waals surface area (Å²) < 4.78 is 19.6. The predicted octanol–water partition coefficient (Wildman–Crippen LogP) is 6.53. The van der Waals surface area contributed by atoms with Crippen molar-refractivity contribution in [1.82, 2.24) is 0 Å². The third-order valence-corrected chi connectivity index (χ3v) is 14.3. The minimum Gasteiger partial charge on any atom is -0.403 e. The van der Waals surface area contributed by atoms with Crippen molar-refractivity contribution in [2.45, 2.75) is 128 Å². The Bertz CT molecular complexity index is 735. The van der Waals surface area contributed by atoms with Crippen LogP contribution < -0.4 is 0 Å².